The molecule has 0 aromatic rings. The lowest BCUT2D eigenvalue weighted by Gasteiger charge is -2.34. The van der Waals surface area contributed by atoms with Crippen LogP contribution in [0.15, 0.2) is 0 Å². The van der Waals surface area contributed by atoms with Gasteiger partial charge in [-0.15, -0.1) is 0 Å². The van der Waals surface area contributed by atoms with E-state index in [0.29, 0.717) is 0 Å². The molecule has 0 amide bonds. The maximum atomic E-state index is 11.5. The number of hydrogen-bond donors (Lipinski definition) is 0. The van der Waals surface area contributed by atoms with E-state index in [9.17, 15) is 28.8 Å². The fourth-order valence-corrected chi connectivity index (χ4v) is 2.19. The van der Waals surface area contributed by atoms with Gasteiger partial charge in [0.15, 0.2) is 13.2 Å². The monoisotopic (exact) mass is 450 g/mol. The van der Waals surface area contributed by atoms with Crippen molar-refractivity contribution in [3.63, 3.8) is 0 Å². The summed E-state index contributed by atoms with van der Waals surface area (Å²) >= 11 is 0. The maximum Gasteiger partial charge on any atom is 0.314 e. The summed E-state index contributed by atoms with van der Waals surface area (Å²) in [7, 11) is 0. The van der Waals surface area contributed by atoms with Crippen LogP contribution in [0.3, 0.4) is 0 Å². The third kappa shape index (κ3) is 12.2. The second-order valence-corrected chi connectivity index (χ2v) is 6.25. The van der Waals surface area contributed by atoms with Crippen LogP contribution < -0.4 is 0 Å². The van der Waals surface area contributed by atoms with Crippen molar-refractivity contribution in [1.82, 2.24) is 0 Å². The largest absolute Gasteiger partial charge is 0.457 e. The average molecular weight is 450 g/mol. The van der Waals surface area contributed by atoms with Crippen molar-refractivity contribution >= 4 is 35.8 Å². The van der Waals surface area contributed by atoms with E-state index < -0.39 is 73.8 Å². The molecule has 0 N–H and O–H groups in total. The third-order valence-electron chi connectivity index (χ3n) is 2.95. The van der Waals surface area contributed by atoms with Gasteiger partial charge < -0.3 is 33.2 Å². The highest BCUT2D eigenvalue weighted by Gasteiger charge is 2.44. The number of ether oxygens (including phenoxy) is 7. The molecular weight excluding hydrogens is 424 g/mol. The zero-order valence-electron chi connectivity index (χ0n) is 18.1. The van der Waals surface area contributed by atoms with Crippen molar-refractivity contribution in [2.24, 2.45) is 0 Å². The lowest BCUT2D eigenvalue weighted by Crippen LogP contribution is -2.52. The predicted molar refractivity (Wildman–Crippen MR) is 96.6 cm³/mol. The molecule has 0 heterocycles. The summed E-state index contributed by atoms with van der Waals surface area (Å²) in [5, 5.41) is 0. The summed E-state index contributed by atoms with van der Waals surface area (Å²) in [5.41, 5.74) is 0. The zero-order chi connectivity index (χ0) is 24.2. The molecule has 0 aliphatic heterocycles. The van der Waals surface area contributed by atoms with Gasteiger partial charge in [0.2, 0.25) is 0 Å². The molecule has 176 valence electrons. The van der Waals surface area contributed by atoms with Gasteiger partial charge in [0.05, 0.1) is 0 Å². The number of esters is 6. The Balaban J connectivity index is 5.74. The second kappa shape index (κ2) is 12.5. The van der Waals surface area contributed by atoms with Crippen molar-refractivity contribution in [2.45, 2.75) is 53.1 Å². The molecule has 0 bridgehead atoms. The van der Waals surface area contributed by atoms with Gasteiger partial charge in [-0.1, -0.05) is 0 Å². The third-order valence-corrected chi connectivity index (χ3v) is 2.95. The Labute approximate surface area is 178 Å². The van der Waals surface area contributed by atoms with Crippen LogP contribution in [0.1, 0.15) is 41.5 Å². The summed E-state index contributed by atoms with van der Waals surface area (Å²) in [4.78, 5) is 68.4. The summed E-state index contributed by atoms with van der Waals surface area (Å²) in [6.45, 7) is 3.26. The highest BCUT2D eigenvalue weighted by molar-refractivity contribution is 5.70. The molecule has 13 nitrogen and oxygen atoms in total. The number of carbonyl (C=O) groups is 6. The molecule has 0 aliphatic carbocycles. The fraction of sp³-hybridized carbons (Fsp3) is 0.667. The molecular formula is C18H26O13. The van der Waals surface area contributed by atoms with E-state index in [1.165, 1.54) is 0 Å². The molecule has 0 spiro atoms. The molecule has 0 aliphatic rings. The van der Waals surface area contributed by atoms with Gasteiger partial charge in [0.25, 0.3) is 0 Å². The van der Waals surface area contributed by atoms with Crippen molar-refractivity contribution in [1.29, 1.82) is 0 Å². The van der Waals surface area contributed by atoms with Crippen LogP contribution >= 0.6 is 0 Å². The molecule has 0 rings (SSSR count). The van der Waals surface area contributed by atoms with E-state index >= 15 is 0 Å². The smallest absolute Gasteiger partial charge is 0.314 e. The minimum Gasteiger partial charge on any atom is -0.457 e. The highest BCUT2D eigenvalue weighted by atomic mass is 16.8. The van der Waals surface area contributed by atoms with E-state index in [1.54, 1.807) is 0 Å². The molecule has 0 radical (unpaired) electrons. The standard InChI is InChI=1S/C18H26O13/c1-11(19)26-9-17(28-13(3)21,29-14(4)22)7-25-8-18(30-15(5)23,31-16(6)24)10-27-12(2)20/h7-10H2,1-6H3. The molecule has 0 atom stereocenters. The van der Waals surface area contributed by atoms with Gasteiger partial charge in [-0.3, -0.25) is 28.8 Å². The lowest BCUT2D eigenvalue weighted by atomic mass is 10.2. The minimum atomic E-state index is -2.19. The summed E-state index contributed by atoms with van der Waals surface area (Å²) in [6.07, 6.45) is 0. The van der Waals surface area contributed by atoms with Gasteiger partial charge in [-0.2, -0.15) is 0 Å². The molecule has 0 saturated carbocycles. The summed E-state index contributed by atoms with van der Waals surface area (Å²) < 4.78 is 34.9. The van der Waals surface area contributed by atoms with Gasteiger partial charge in [-0.05, 0) is 0 Å². The zero-order valence-corrected chi connectivity index (χ0v) is 18.1. The Morgan fingerprint density at radius 2 is 0.710 bits per heavy atom. The number of carbonyl (C=O) groups excluding carboxylic acids is 6. The average Bonchev–Trinajstić information content (AvgIpc) is 2.56. The Hall–Kier alpha value is -3.22. The molecule has 31 heavy (non-hydrogen) atoms. The number of hydrogen-bond acceptors (Lipinski definition) is 13. The Bertz CT molecular complexity index is 607. The Kier molecular flexibility index (Phi) is 11.2. The molecule has 0 aromatic heterocycles. The molecule has 0 fully saturated rings. The molecule has 0 saturated heterocycles. The first-order valence-corrected chi connectivity index (χ1v) is 8.83. The fourth-order valence-electron chi connectivity index (χ4n) is 2.19. The van der Waals surface area contributed by atoms with E-state index in [1.807, 2.05) is 0 Å². The first-order valence-electron chi connectivity index (χ1n) is 8.83. The van der Waals surface area contributed by atoms with Crippen molar-refractivity contribution in [2.75, 3.05) is 26.4 Å². The second-order valence-electron chi connectivity index (χ2n) is 6.25. The van der Waals surface area contributed by atoms with Gasteiger partial charge >= 0.3 is 47.4 Å². The van der Waals surface area contributed by atoms with Crippen LogP contribution in [0.4, 0.5) is 0 Å². The minimum absolute atomic E-state index is 0.723. The van der Waals surface area contributed by atoms with Crippen molar-refractivity contribution in [3.05, 3.63) is 0 Å². The van der Waals surface area contributed by atoms with Crippen LogP contribution in [0.25, 0.3) is 0 Å². The van der Waals surface area contributed by atoms with Crippen molar-refractivity contribution < 1.29 is 61.9 Å². The normalized spacial score (nSPS) is 11.0. The molecule has 0 aromatic carbocycles. The van der Waals surface area contributed by atoms with E-state index in [4.69, 9.17) is 33.2 Å². The van der Waals surface area contributed by atoms with E-state index in [0.717, 1.165) is 41.5 Å². The van der Waals surface area contributed by atoms with Crippen LogP contribution in [-0.4, -0.2) is 73.8 Å². The van der Waals surface area contributed by atoms with Crippen LogP contribution in [0.5, 0.6) is 0 Å². The summed E-state index contributed by atoms with van der Waals surface area (Å²) in [6, 6.07) is 0. The number of rotatable bonds is 12. The first kappa shape index (κ1) is 27.8. The first-order chi connectivity index (χ1) is 14.2. The predicted octanol–water partition coefficient (Wildman–Crippen LogP) is -0.226. The quantitative estimate of drug-likeness (QED) is 0.217. The summed E-state index contributed by atoms with van der Waals surface area (Å²) in [5.74, 6) is -9.52. The van der Waals surface area contributed by atoms with Gasteiger partial charge in [0.1, 0.15) is 13.2 Å². The van der Waals surface area contributed by atoms with Crippen LogP contribution in [0.2, 0.25) is 0 Å². The van der Waals surface area contributed by atoms with E-state index in [2.05, 4.69) is 0 Å². The van der Waals surface area contributed by atoms with Crippen LogP contribution in [0, 0.1) is 0 Å². The van der Waals surface area contributed by atoms with Crippen LogP contribution in [-0.2, 0) is 61.9 Å². The van der Waals surface area contributed by atoms with Crippen molar-refractivity contribution in [3.8, 4) is 0 Å². The molecule has 13 heteroatoms. The maximum absolute atomic E-state index is 11.5. The van der Waals surface area contributed by atoms with Gasteiger partial charge in [0, 0.05) is 41.5 Å². The Morgan fingerprint density at radius 3 is 0.903 bits per heavy atom. The van der Waals surface area contributed by atoms with E-state index in [-0.39, 0.29) is 0 Å². The Morgan fingerprint density at radius 1 is 0.452 bits per heavy atom. The SMILES string of the molecule is CC(=O)OCC(COCC(COC(C)=O)(OC(C)=O)OC(C)=O)(OC(C)=O)OC(C)=O. The molecule has 0 unspecified atom stereocenters. The lowest BCUT2D eigenvalue weighted by molar-refractivity contribution is -0.281. The highest BCUT2D eigenvalue weighted by Crippen LogP contribution is 2.21. The topological polar surface area (TPSA) is 167 Å². The van der Waals surface area contributed by atoms with Gasteiger partial charge in [-0.25, -0.2) is 0 Å².